The van der Waals surface area contributed by atoms with E-state index in [1.807, 2.05) is 27.7 Å². The van der Waals surface area contributed by atoms with Gasteiger partial charge in [0.1, 0.15) is 12.2 Å². The van der Waals surface area contributed by atoms with E-state index in [4.69, 9.17) is 9.47 Å². The molecular weight excluding hydrogens is 320 g/mol. The smallest absolute Gasteiger partial charge is 0.309 e. The fraction of sp³-hybridized carbons (Fsp3) is 0.650. The Labute approximate surface area is 148 Å². The van der Waals surface area contributed by atoms with Crippen molar-refractivity contribution in [1.82, 2.24) is 0 Å². The quantitative estimate of drug-likeness (QED) is 0.732. The van der Waals surface area contributed by atoms with E-state index >= 15 is 0 Å². The maximum atomic E-state index is 12.4. The molecule has 0 aromatic carbocycles. The molecule has 0 spiro atoms. The number of fused-ring (bicyclic) bond motifs is 3. The second-order valence-corrected chi connectivity index (χ2v) is 7.53. The molecule has 1 heterocycles. The van der Waals surface area contributed by atoms with Gasteiger partial charge in [0.2, 0.25) is 0 Å². The third-order valence-corrected chi connectivity index (χ3v) is 5.75. The molecule has 1 fully saturated rings. The van der Waals surface area contributed by atoms with Gasteiger partial charge in [-0.2, -0.15) is 0 Å². The molecule has 5 atom stereocenters. The van der Waals surface area contributed by atoms with E-state index in [1.54, 1.807) is 6.08 Å². The summed E-state index contributed by atoms with van der Waals surface area (Å²) in [6, 6.07) is 0. The third kappa shape index (κ3) is 3.05. The van der Waals surface area contributed by atoms with E-state index in [-0.39, 0.29) is 35.5 Å². The van der Waals surface area contributed by atoms with E-state index in [1.165, 1.54) is 0 Å². The first-order valence-corrected chi connectivity index (χ1v) is 9.17. The topological polar surface area (TPSA) is 69.7 Å². The van der Waals surface area contributed by atoms with Crippen LogP contribution in [-0.2, 0) is 23.9 Å². The number of hydrogen-bond donors (Lipinski definition) is 0. The molecule has 0 saturated carbocycles. The predicted octanol–water partition coefficient (Wildman–Crippen LogP) is 3.13. The monoisotopic (exact) mass is 346 g/mol. The summed E-state index contributed by atoms with van der Waals surface area (Å²) >= 11 is 0. The Morgan fingerprint density at radius 1 is 1.32 bits per heavy atom. The number of unbranched alkanes of at least 4 members (excludes halogenated alkanes) is 1. The molecule has 5 nitrogen and oxygen atoms in total. The standard InChI is InChI=1S/C20H26O5/c1-5-6-7-15(22)24-14-9-11(3)16-13(21)8-10(2)17(16)19-18(14)12(4)20(23)25-19/h8,12,14,17-19H,5-7,9H2,1-4H3/t12-,14-,17-,18+,19-/m1/s1. The molecule has 5 heteroatoms. The van der Waals surface area contributed by atoms with E-state index in [9.17, 15) is 14.4 Å². The lowest BCUT2D eigenvalue weighted by molar-refractivity contribution is -0.153. The fourth-order valence-corrected chi connectivity index (χ4v) is 4.46. The van der Waals surface area contributed by atoms with Crippen LogP contribution in [0, 0.1) is 17.8 Å². The summed E-state index contributed by atoms with van der Waals surface area (Å²) in [6.07, 6.45) is 3.37. The average Bonchev–Trinajstić information content (AvgIpc) is 2.95. The van der Waals surface area contributed by atoms with Crippen molar-refractivity contribution in [1.29, 1.82) is 0 Å². The number of ketones is 1. The minimum Gasteiger partial charge on any atom is -0.462 e. The Balaban J connectivity index is 1.94. The Kier molecular flexibility index (Phi) is 4.85. The first-order chi connectivity index (χ1) is 11.8. The van der Waals surface area contributed by atoms with Gasteiger partial charge in [-0.3, -0.25) is 14.4 Å². The Morgan fingerprint density at radius 2 is 2.04 bits per heavy atom. The largest absolute Gasteiger partial charge is 0.462 e. The van der Waals surface area contributed by atoms with Crippen molar-refractivity contribution in [2.45, 2.75) is 65.6 Å². The van der Waals surface area contributed by atoms with Crippen LogP contribution in [0.3, 0.4) is 0 Å². The summed E-state index contributed by atoms with van der Waals surface area (Å²) in [6.45, 7) is 7.68. The number of carbonyl (C=O) groups excluding carboxylic acids is 3. The van der Waals surface area contributed by atoms with Crippen LogP contribution in [0.5, 0.6) is 0 Å². The Bertz CT molecular complexity index is 672. The van der Waals surface area contributed by atoms with Gasteiger partial charge in [-0.25, -0.2) is 0 Å². The van der Waals surface area contributed by atoms with Crippen LogP contribution in [0.15, 0.2) is 22.8 Å². The lowest BCUT2D eigenvalue weighted by atomic mass is 9.79. The van der Waals surface area contributed by atoms with Gasteiger partial charge in [0, 0.05) is 30.3 Å². The zero-order valence-electron chi connectivity index (χ0n) is 15.3. The Morgan fingerprint density at radius 3 is 2.72 bits per heavy atom. The summed E-state index contributed by atoms with van der Waals surface area (Å²) in [5.74, 6) is -1.27. The van der Waals surface area contributed by atoms with Crippen LogP contribution in [-0.4, -0.2) is 29.9 Å². The number of rotatable bonds is 4. The molecule has 1 aliphatic heterocycles. The molecule has 0 bridgehead atoms. The predicted molar refractivity (Wildman–Crippen MR) is 91.5 cm³/mol. The Hall–Kier alpha value is -1.91. The third-order valence-electron chi connectivity index (χ3n) is 5.75. The molecule has 0 aromatic rings. The number of ether oxygens (including phenoxy) is 2. The van der Waals surface area contributed by atoms with Crippen LogP contribution in [0.25, 0.3) is 0 Å². The van der Waals surface area contributed by atoms with E-state index < -0.39 is 12.2 Å². The lowest BCUT2D eigenvalue weighted by Gasteiger charge is -2.29. The average molecular weight is 346 g/mol. The highest BCUT2D eigenvalue weighted by molar-refractivity contribution is 6.09. The normalized spacial score (nSPS) is 34.2. The van der Waals surface area contributed by atoms with Crippen LogP contribution < -0.4 is 0 Å². The molecule has 3 aliphatic rings. The summed E-state index contributed by atoms with van der Waals surface area (Å²) in [4.78, 5) is 36.9. The highest BCUT2D eigenvalue weighted by atomic mass is 16.6. The van der Waals surface area contributed by atoms with Crippen molar-refractivity contribution in [2.75, 3.05) is 0 Å². The van der Waals surface area contributed by atoms with Crippen molar-refractivity contribution in [3.05, 3.63) is 22.8 Å². The van der Waals surface area contributed by atoms with Gasteiger partial charge in [-0.1, -0.05) is 31.4 Å². The maximum absolute atomic E-state index is 12.4. The van der Waals surface area contributed by atoms with Crippen LogP contribution in [0.1, 0.15) is 53.4 Å². The van der Waals surface area contributed by atoms with Crippen molar-refractivity contribution >= 4 is 17.7 Å². The van der Waals surface area contributed by atoms with Crippen molar-refractivity contribution in [3.63, 3.8) is 0 Å². The second-order valence-electron chi connectivity index (χ2n) is 7.53. The molecule has 3 rings (SSSR count). The molecule has 136 valence electrons. The highest BCUT2D eigenvalue weighted by Crippen LogP contribution is 2.48. The molecule has 0 unspecified atom stereocenters. The molecule has 0 N–H and O–H groups in total. The van der Waals surface area contributed by atoms with Gasteiger partial charge >= 0.3 is 11.9 Å². The molecule has 0 amide bonds. The second kappa shape index (κ2) is 6.77. The lowest BCUT2D eigenvalue weighted by Crippen LogP contribution is -2.37. The van der Waals surface area contributed by atoms with Gasteiger partial charge in [-0.15, -0.1) is 0 Å². The van der Waals surface area contributed by atoms with Crippen molar-refractivity contribution < 1.29 is 23.9 Å². The van der Waals surface area contributed by atoms with Crippen molar-refractivity contribution in [2.24, 2.45) is 17.8 Å². The molecule has 1 saturated heterocycles. The molecule has 25 heavy (non-hydrogen) atoms. The minimum absolute atomic E-state index is 0.00712. The van der Waals surface area contributed by atoms with Gasteiger partial charge in [-0.05, 0) is 26.3 Å². The maximum Gasteiger partial charge on any atom is 0.309 e. The van der Waals surface area contributed by atoms with Gasteiger partial charge in [0.25, 0.3) is 0 Å². The fourth-order valence-electron chi connectivity index (χ4n) is 4.46. The van der Waals surface area contributed by atoms with Gasteiger partial charge in [0.15, 0.2) is 5.78 Å². The zero-order valence-corrected chi connectivity index (χ0v) is 15.3. The number of hydrogen-bond acceptors (Lipinski definition) is 5. The van der Waals surface area contributed by atoms with Crippen LogP contribution >= 0.6 is 0 Å². The summed E-state index contributed by atoms with van der Waals surface area (Å²) in [7, 11) is 0. The SMILES string of the molecule is CCCCC(=O)O[C@@H]1CC(C)=C2C(=O)C=C(C)[C@H]2[C@H]2OC(=O)[C@H](C)[C@H]21. The molecule has 0 aromatic heterocycles. The summed E-state index contributed by atoms with van der Waals surface area (Å²) < 4.78 is 11.5. The van der Waals surface area contributed by atoms with E-state index in [0.29, 0.717) is 12.8 Å². The molecular formula is C20H26O5. The van der Waals surface area contributed by atoms with Crippen LogP contribution in [0.4, 0.5) is 0 Å². The zero-order chi connectivity index (χ0) is 18.3. The van der Waals surface area contributed by atoms with Crippen LogP contribution in [0.2, 0.25) is 0 Å². The number of carbonyl (C=O) groups is 3. The number of allylic oxidation sites excluding steroid dienone is 1. The number of esters is 2. The van der Waals surface area contributed by atoms with Crippen molar-refractivity contribution in [3.8, 4) is 0 Å². The van der Waals surface area contributed by atoms with E-state index in [0.717, 1.165) is 29.6 Å². The minimum atomic E-state index is -0.429. The van der Waals surface area contributed by atoms with Gasteiger partial charge < -0.3 is 9.47 Å². The molecule has 2 aliphatic carbocycles. The van der Waals surface area contributed by atoms with Gasteiger partial charge in [0.05, 0.1) is 5.92 Å². The van der Waals surface area contributed by atoms with E-state index in [2.05, 4.69) is 0 Å². The first kappa shape index (κ1) is 17.9. The summed E-state index contributed by atoms with van der Waals surface area (Å²) in [5, 5.41) is 0. The first-order valence-electron chi connectivity index (χ1n) is 9.17. The highest BCUT2D eigenvalue weighted by Gasteiger charge is 2.55. The summed E-state index contributed by atoms with van der Waals surface area (Å²) in [5.41, 5.74) is 2.59. The molecule has 0 radical (unpaired) electrons.